The second-order valence-electron chi connectivity index (χ2n) is 5.61. The van der Waals surface area contributed by atoms with E-state index in [4.69, 9.17) is 32.7 Å². The third kappa shape index (κ3) is 3.26. The summed E-state index contributed by atoms with van der Waals surface area (Å²) in [5, 5.41) is 1.15. The van der Waals surface area contributed by atoms with Gasteiger partial charge in [-0.2, -0.15) is 0 Å². The van der Waals surface area contributed by atoms with Crippen LogP contribution in [0.15, 0.2) is 66.7 Å². The number of halogens is 2. The molecule has 0 atom stereocenters. The van der Waals surface area contributed by atoms with Crippen LogP contribution < -0.4 is 14.4 Å². The summed E-state index contributed by atoms with van der Waals surface area (Å²) in [6.45, 7) is 1.11. The quantitative estimate of drug-likeness (QED) is 0.535. The normalized spacial score (nSPS) is 12.2. The minimum absolute atomic E-state index is 0.461. The van der Waals surface area contributed by atoms with Crippen LogP contribution in [0.25, 0.3) is 0 Å². The molecule has 0 radical (unpaired) electrons. The fourth-order valence-corrected chi connectivity index (χ4v) is 3.19. The molecule has 0 unspecified atom stereocenters. The van der Waals surface area contributed by atoms with Crippen LogP contribution in [-0.4, -0.2) is 13.2 Å². The highest BCUT2D eigenvalue weighted by Gasteiger charge is 2.23. The summed E-state index contributed by atoms with van der Waals surface area (Å²) in [5.41, 5.74) is 2.03. The van der Waals surface area contributed by atoms with Gasteiger partial charge in [0.05, 0.1) is 22.9 Å². The number of ether oxygens (including phenoxy) is 2. The molecule has 3 aromatic carbocycles. The van der Waals surface area contributed by atoms with Crippen LogP contribution in [0.1, 0.15) is 0 Å². The molecule has 5 heteroatoms. The van der Waals surface area contributed by atoms with Gasteiger partial charge in [-0.3, -0.25) is 0 Å². The molecule has 0 saturated carbocycles. The predicted octanol–water partition coefficient (Wildman–Crippen LogP) is 6.32. The van der Waals surface area contributed by atoms with E-state index in [2.05, 4.69) is 4.90 Å². The number of anilines is 2. The molecule has 4 rings (SSSR count). The summed E-state index contributed by atoms with van der Waals surface area (Å²) in [7, 11) is 0. The molecule has 1 aliphatic rings. The smallest absolute Gasteiger partial charge is 0.151 e. The van der Waals surface area contributed by atoms with Crippen molar-refractivity contribution >= 4 is 34.6 Å². The van der Waals surface area contributed by atoms with Gasteiger partial charge in [-0.25, -0.2) is 0 Å². The van der Waals surface area contributed by atoms with Crippen molar-refractivity contribution in [2.45, 2.75) is 0 Å². The Balaban J connectivity index is 1.57. The van der Waals surface area contributed by atoms with E-state index in [1.54, 1.807) is 18.2 Å². The summed E-state index contributed by atoms with van der Waals surface area (Å²) in [6, 6.07) is 21.1. The van der Waals surface area contributed by atoms with Gasteiger partial charge in [0.15, 0.2) is 11.5 Å². The maximum Gasteiger partial charge on any atom is 0.151 e. The fraction of sp³-hybridized carbons (Fsp3) is 0.100. The van der Waals surface area contributed by atoms with Crippen molar-refractivity contribution in [1.82, 2.24) is 0 Å². The van der Waals surface area contributed by atoms with Crippen LogP contribution in [-0.2, 0) is 0 Å². The van der Waals surface area contributed by atoms with Gasteiger partial charge < -0.3 is 14.4 Å². The zero-order valence-electron chi connectivity index (χ0n) is 13.3. The molecule has 0 aromatic heterocycles. The van der Waals surface area contributed by atoms with E-state index in [0.717, 1.165) is 22.9 Å². The van der Waals surface area contributed by atoms with E-state index >= 15 is 0 Å². The van der Waals surface area contributed by atoms with E-state index in [-0.39, 0.29) is 0 Å². The number of hydrogen-bond acceptors (Lipinski definition) is 3. The van der Waals surface area contributed by atoms with Gasteiger partial charge in [-0.15, -0.1) is 0 Å². The molecule has 0 spiro atoms. The van der Waals surface area contributed by atoms with E-state index in [1.807, 2.05) is 48.5 Å². The van der Waals surface area contributed by atoms with Crippen LogP contribution in [0.4, 0.5) is 11.4 Å². The number of benzene rings is 3. The van der Waals surface area contributed by atoms with E-state index in [0.29, 0.717) is 28.9 Å². The first-order chi connectivity index (χ1) is 12.2. The fourth-order valence-electron chi connectivity index (χ4n) is 2.86. The van der Waals surface area contributed by atoms with Crippen molar-refractivity contribution in [2.75, 3.05) is 18.1 Å². The van der Waals surface area contributed by atoms with E-state index in [9.17, 15) is 0 Å². The maximum absolute atomic E-state index is 6.16. The second kappa shape index (κ2) is 6.87. The zero-order chi connectivity index (χ0) is 17.2. The Morgan fingerprint density at radius 1 is 0.840 bits per heavy atom. The molecule has 25 heavy (non-hydrogen) atoms. The number of para-hydroxylation sites is 4. The van der Waals surface area contributed by atoms with Crippen molar-refractivity contribution in [3.05, 3.63) is 76.8 Å². The number of fused-ring (bicyclic) bond motifs is 2. The van der Waals surface area contributed by atoms with Gasteiger partial charge in [0.2, 0.25) is 0 Å². The molecular formula is C20H15Cl2NO2. The number of rotatable bonds is 4. The van der Waals surface area contributed by atoms with Crippen LogP contribution >= 0.6 is 23.2 Å². The molecule has 126 valence electrons. The van der Waals surface area contributed by atoms with Gasteiger partial charge in [-0.05, 0) is 36.4 Å². The summed E-state index contributed by atoms with van der Waals surface area (Å²) in [4.78, 5) is 2.19. The number of hydrogen-bond donors (Lipinski definition) is 0. The minimum Gasteiger partial charge on any atom is -0.490 e. The third-order valence-corrected chi connectivity index (χ3v) is 4.55. The van der Waals surface area contributed by atoms with Crippen LogP contribution in [0, 0.1) is 0 Å². The Morgan fingerprint density at radius 2 is 1.48 bits per heavy atom. The topological polar surface area (TPSA) is 21.7 Å². The highest BCUT2D eigenvalue weighted by molar-refractivity contribution is 6.34. The first-order valence-corrected chi connectivity index (χ1v) is 8.69. The summed E-state index contributed by atoms with van der Waals surface area (Å²) in [6.07, 6.45) is 0. The van der Waals surface area contributed by atoms with Crippen LogP contribution in [0.3, 0.4) is 0 Å². The van der Waals surface area contributed by atoms with Gasteiger partial charge >= 0.3 is 0 Å². The highest BCUT2D eigenvalue weighted by Crippen LogP contribution is 2.45. The van der Waals surface area contributed by atoms with Crippen LogP contribution in [0.2, 0.25) is 10.0 Å². The van der Waals surface area contributed by atoms with Gasteiger partial charge in [0, 0.05) is 11.1 Å². The SMILES string of the molecule is Clc1ccc(Cl)c(OCCN2c3ccccc3Oc3ccccc32)c1. The molecular weight excluding hydrogens is 357 g/mol. The molecule has 0 saturated heterocycles. The highest BCUT2D eigenvalue weighted by atomic mass is 35.5. The van der Waals surface area contributed by atoms with Gasteiger partial charge in [0.1, 0.15) is 12.4 Å². The van der Waals surface area contributed by atoms with Crippen molar-refractivity contribution in [3.8, 4) is 17.2 Å². The Kier molecular flexibility index (Phi) is 4.43. The molecule has 3 aromatic rings. The lowest BCUT2D eigenvalue weighted by Gasteiger charge is -2.32. The molecule has 1 aliphatic heterocycles. The first kappa shape index (κ1) is 16.1. The largest absolute Gasteiger partial charge is 0.490 e. The van der Waals surface area contributed by atoms with Crippen molar-refractivity contribution in [2.24, 2.45) is 0 Å². The Morgan fingerprint density at radius 3 is 2.16 bits per heavy atom. The summed E-state index contributed by atoms with van der Waals surface area (Å²) < 4.78 is 11.8. The van der Waals surface area contributed by atoms with Crippen LogP contribution in [0.5, 0.6) is 17.2 Å². The van der Waals surface area contributed by atoms with Gasteiger partial charge in [0.25, 0.3) is 0 Å². The van der Waals surface area contributed by atoms with Crippen molar-refractivity contribution < 1.29 is 9.47 Å². The summed E-state index contributed by atoms with van der Waals surface area (Å²) in [5.74, 6) is 2.26. The van der Waals surface area contributed by atoms with Gasteiger partial charge in [-0.1, -0.05) is 47.5 Å². The average molecular weight is 372 g/mol. The molecule has 0 amide bonds. The van der Waals surface area contributed by atoms with Crippen molar-refractivity contribution in [3.63, 3.8) is 0 Å². The Labute approximate surface area is 156 Å². The predicted molar refractivity (Wildman–Crippen MR) is 102 cm³/mol. The maximum atomic E-state index is 6.16. The average Bonchev–Trinajstić information content (AvgIpc) is 2.64. The molecule has 1 heterocycles. The first-order valence-electron chi connectivity index (χ1n) is 7.94. The van der Waals surface area contributed by atoms with Crippen molar-refractivity contribution in [1.29, 1.82) is 0 Å². The lowest BCUT2D eigenvalue weighted by atomic mass is 10.1. The monoisotopic (exact) mass is 371 g/mol. The lowest BCUT2D eigenvalue weighted by molar-refractivity contribution is 0.326. The molecule has 0 N–H and O–H groups in total. The molecule has 0 aliphatic carbocycles. The lowest BCUT2D eigenvalue weighted by Crippen LogP contribution is -2.26. The Bertz CT molecular complexity index is 868. The van der Waals surface area contributed by atoms with E-state index in [1.165, 1.54) is 0 Å². The second-order valence-corrected chi connectivity index (χ2v) is 6.46. The third-order valence-electron chi connectivity index (χ3n) is 4.00. The summed E-state index contributed by atoms with van der Waals surface area (Å²) >= 11 is 12.2. The van der Waals surface area contributed by atoms with E-state index < -0.39 is 0 Å². The number of nitrogens with zero attached hydrogens (tertiary/aromatic N) is 1. The standard InChI is InChI=1S/C20H15Cl2NO2/c21-14-9-10-15(22)20(13-14)24-12-11-23-16-5-1-3-7-18(16)25-19-8-4-2-6-17(19)23/h1-10,13H,11-12H2. The Hall–Kier alpha value is -2.36. The molecule has 0 bridgehead atoms. The molecule has 0 fully saturated rings. The minimum atomic E-state index is 0.461. The molecule has 3 nitrogen and oxygen atoms in total. The zero-order valence-corrected chi connectivity index (χ0v) is 14.8.